The Morgan fingerprint density at radius 1 is 0.467 bits per heavy atom. The predicted molar refractivity (Wildman–Crippen MR) is 68.6 cm³/mol. The second-order valence-corrected chi connectivity index (χ2v) is 6.05. The van der Waals surface area contributed by atoms with Crippen LogP contribution in [0, 0.1) is 23.7 Å². The van der Waals surface area contributed by atoms with Crippen molar-refractivity contribution >= 4 is 0 Å². The van der Waals surface area contributed by atoms with Crippen molar-refractivity contribution in [3.63, 3.8) is 0 Å². The Balaban J connectivity index is -0.000000180. The van der Waals surface area contributed by atoms with Gasteiger partial charge >= 0.3 is 0 Å². The Kier molecular flexibility index (Phi) is 17.7. The fourth-order valence-electron chi connectivity index (χ4n) is 1.89. The largest absolute Gasteiger partial charge is 0.0628 e. The van der Waals surface area contributed by atoms with E-state index in [4.69, 9.17) is 0 Å². The van der Waals surface area contributed by atoms with Crippen molar-refractivity contribution in [2.75, 3.05) is 0 Å². The van der Waals surface area contributed by atoms with Crippen LogP contribution >= 0.6 is 0 Å². The van der Waals surface area contributed by atoms with Crippen molar-refractivity contribution in [3.05, 3.63) is 0 Å². The van der Waals surface area contributed by atoms with Crippen LogP contribution in [0.2, 0.25) is 0 Å². The van der Waals surface area contributed by atoms with Crippen LogP contribution in [0.15, 0.2) is 0 Å². The van der Waals surface area contributed by atoms with Gasteiger partial charge in [0, 0.05) is 19.5 Å². The van der Waals surface area contributed by atoms with Gasteiger partial charge in [0.25, 0.3) is 0 Å². The molecule has 0 saturated carbocycles. The Hall–Kier alpha value is 0.623. The van der Waals surface area contributed by atoms with Gasteiger partial charge < -0.3 is 0 Å². The van der Waals surface area contributed by atoms with Crippen LogP contribution in [0.4, 0.5) is 0 Å². The monoisotopic (exact) mass is 302 g/mol. The van der Waals surface area contributed by atoms with E-state index >= 15 is 0 Å². The van der Waals surface area contributed by atoms with Gasteiger partial charge in [-0.2, -0.15) is 0 Å². The molecule has 0 spiro atoms. The van der Waals surface area contributed by atoms with Gasteiger partial charge in [0.15, 0.2) is 0 Å². The standard InChI is InChI=1S/2C7H16.Ru/c2*1-6(2)5-7(3)4;/h2*6-7H,5H2,1-4H3;. The molecule has 0 aromatic heterocycles. The third kappa shape index (κ3) is 31.3. The van der Waals surface area contributed by atoms with Crippen molar-refractivity contribution in [2.24, 2.45) is 23.7 Å². The number of rotatable bonds is 4. The van der Waals surface area contributed by atoms with Gasteiger partial charge in [0.05, 0.1) is 0 Å². The molecule has 0 aliphatic carbocycles. The van der Waals surface area contributed by atoms with Gasteiger partial charge in [-0.1, -0.05) is 55.4 Å². The van der Waals surface area contributed by atoms with Gasteiger partial charge in [-0.3, -0.25) is 0 Å². The Morgan fingerprint density at radius 2 is 0.600 bits per heavy atom. The molecule has 0 rings (SSSR count). The summed E-state index contributed by atoms with van der Waals surface area (Å²) >= 11 is 0. The molecule has 96 valence electrons. The van der Waals surface area contributed by atoms with Crippen molar-refractivity contribution in [3.8, 4) is 0 Å². The van der Waals surface area contributed by atoms with Gasteiger partial charge in [0.1, 0.15) is 0 Å². The topological polar surface area (TPSA) is 0 Å². The molecule has 15 heavy (non-hydrogen) atoms. The van der Waals surface area contributed by atoms with Crippen LogP contribution in [0.1, 0.15) is 68.2 Å². The average molecular weight is 301 g/mol. The summed E-state index contributed by atoms with van der Waals surface area (Å²) in [4.78, 5) is 0. The molecule has 0 saturated heterocycles. The summed E-state index contributed by atoms with van der Waals surface area (Å²) < 4.78 is 0. The predicted octanol–water partition coefficient (Wildman–Crippen LogP) is 5.37. The molecule has 0 aromatic rings. The van der Waals surface area contributed by atoms with Crippen LogP contribution in [0.5, 0.6) is 0 Å². The molecule has 0 radical (unpaired) electrons. The van der Waals surface area contributed by atoms with E-state index in [9.17, 15) is 0 Å². The molecular weight excluding hydrogens is 269 g/mol. The van der Waals surface area contributed by atoms with Crippen molar-refractivity contribution in [1.82, 2.24) is 0 Å². The Labute approximate surface area is 111 Å². The normalized spacial score (nSPS) is 10.4. The molecular formula is C14H32Ru. The van der Waals surface area contributed by atoms with Crippen LogP contribution in [-0.4, -0.2) is 0 Å². The molecule has 0 aliphatic heterocycles. The maximum Gasteiger partial charge on any atom is 0 e. The van der Waals surface area contributed by atoms with E-state index < -0.39 is 0 Å². The van der Waals surface area contributed by atoms with E-state index in [1.165, 1.54) is 12.8 Å². The first-order valence-electron chi connectivity index (χ1n) is 6.25. The average Bonchev–Trinajstić information content (AvgIpc) is 1.79. The quantitative estimate of drug-likeness (QED) is 0.612. The first kappa shape index (κ1) is 21.0. The van der Waals surface area contributed by atoms with E-state index in [0.717, 1.165) is 23.7 Å². The van der Waals surface area contributed by atoms with Crippen molar-refractivity contribution < 1.29 is 19.5 Å². The van der Waals surface area contributed by atoms with Crippen molar-refractivity contribution in [2.45, 2.75) is 68.2 Å². The Morgan fingerprint density at radius 3 is 0.600 bits per heavy atom. The van der Waals surface area contributed by atoms with E-state index in [-0.39, 0.29) is 19.5 Å². The third-order valence-electron chi connectivity index (χ3n) is 1.89. The molecule has 0 nitrogen and oxygen atoms in total. The summed E-state index contributed by atoms with van der Waals surface area (Å²) in [5.41, 5.74) is 0. The molecule has 0 unspecified atom stereocenters. The van der Waals surface area contributed by atoms with Crippen LogP contribution in [0.25, 0.3) is 0 Å². The van der Waals surface area contributed by atoms with E-state index in [2.05, 4.69) is 55.4 Å². The minimum absolute atomic E-state index is 0. The van der Waals surface area contributed by atoms with Gasteiger partial charge in [-0.25, -0.2) is 0 Å². The zero-order chi connectivity index (χ0) is 11.7. The Bertz CT molecular complexity index is 77.9. The minimum atomic E-state index is 0. The molecule has 0 fully saturated rings. The molecule has 0 bridgehead atoms. The van der Waals surface area contributed by atoms with Crippen molar-refractivity contribution in [1.29, 1.82) is 0 Å². The first-order chi connectivity index (χ1) is 6.25. The summed E-state index contributed by atoms with van der Waals surface area (Å²) in [5.74, 6) is 3.50. The first-order valence-corrected chi connectivity index (χ1v) is 6.25. The zero-order valence-electron chi connectivity index (χ0n) is 12.1. The second kappa shape index (κ2) is 12.7. The fourth-order valence-corrected chi connectivity index (χ4v) is 1.89. The summed E-state index contributed by atoms with van der Waals surface area (Å²) in [6, 6.07) is 0. The van der Waals surface area contributed by atoms with Gasteiger partial charge in [0.2, 0.25) is 0 Å². The molecule has 0 atom stereocenters. The molecule has 0 N–H and O–H groups in total. The van der Waals surface area contributed by atoms with Gasteiger partial charge in [-0.15, -0.1) is 0 Å². The molecule has 0 amide bonds. The number of hydrogen-bond acceptors (Lipinski definition) is 0. The third-order valence-corrected chi connectivity index (χ3v) is 1.89. The van der Waals surface area contributed by atoms with E-state index in [1.807, 2.05) is 0 Å². The smallest absolute Gasteiger partial charge is 0 e. The zero-order valence-corrected chi connectivity index (χ0v) is 13.8. The van der Waals surface area contributed by atoms with Gasteiger partial charge in [-0.05, 0) is 36.5 Å². The fraction of sp³-hybridized carbons (Fsp3) is 1.00. The van der Waals surface area contributed by atoms with Crippen LogP contribution < -0.4 is 0 Å². The molecule has 0 heterocycles. The summed E-state index contributed by atoms with van der Waals surface area (Å²) in [7, 11) is 0. The SMILES string of the molecule is CC(C)CC(C)C.CC(C)CC(C)C.[Ru]. The molecule has 0 aromatic carbocycles. The number of hydrogen-bond donors (Lipinski definition) is 0. The summed E-state index contributed by atoms with van der Waals surface area (Å²) in [6.07, 6.45) is 2.72. The second-order valence-electron chi connectivity index (χ2n) is 6.05. The maximum atomic E-state index is 2.26. The summed E-state index contributed by atoms with van der Waals surface area (Å²) in [5, 5.41) is 0. The van der Waals surface area contributed by atoms with Crippen LogP contribution in [0.3, 0.4) is 0 Å². The summed E-state index contributed by atoms with van der Waals surface area (Å²) in [6.45, 7) is 18.1. The molecule has 0 aliphatic rings. The van der Waals surface area contributed by atoms with E-state index in [1.54, 1.807) is 0 Å². The van der Waals surface area contributed by atoms with Crippen LogP contribution in [-0.2, 0) is 19.5 Å². The molecule has 1 heteroatoms. The van der Waals surface area contributed by atoms with E-state index in [0.29, 0.717) is 0 Å². The maximum absolute atomic E-state index is 2.26. The minimum Gasteiger partial charge on any atom is -0.0628 e.